The van der Waals surface area contributed by atoms with Crippen LogP contribution in [-0.4, -0.2) is 36.9 Å². The van der Waals surface area contributed by atoms with E-state index in [2.05, 4.69) is 11.9 Å². The molecule has 0 rings (SSSR count). The largest absolute Gasteiger partial charge is 0.480 e. The Morgan fingerprint density at radius 1 is 1.71 bits per heavy atom. The summed E-state index contributed by atoms with van der Waals surface area (Å²) in [7, 11) is 1.59. The van der Waals surface area contributed by atoms with Gasteiger partial charge in [0.1, 0.15) is 5.54 Å². The lowest BCUT2D eigenvalue weighted by Gasteiger charge is -2.25. The van der Waals surface area contributed by atoms with Crippen LogP contribution in [0.4, 0.5) is 0 Å². The fourth-order valence-electron chi connectivity index (χ4n) is 1.09. The molecule has 1 atom stereocenters. The van der Waals surface area contributed by atoms with Gasteiger partial charge in [-0.1, -0.05) is 6.08 Å². The first-order valence-electron chi connectivity index (χ1n) is 4.65. The summed E-state index contributed by atoms with van der Waals surface area (Å²) in [6, 6.07) is 0. The number of carbonyl (C=O) groups is 1. The van der Waals surface area contributed by atoms with E-state index in [-0.39, 0.29) is 0 Å². The lowest BCUT2D eigenvalue weighted by molar-refractivity contribution is -0.144. The second-order valence-electron chi connectivity index (χ2n) is 3.38. The minimum Gasteiger partial charge on any atom is -0.480 e. The molecule has 0 aromatic heterocycles. The number of hydrogen-bond acceptors (Lipinski definition) is 3. The quantitative estimate of drug-likeness (QED) is 0.455. The molecule has 0 aromatic rings. The molecule has 0 aliphatic carbocycles. The minimum absolute atomic E-state index is 0.511. The molecule has 4 nitrogen and oxygen atoms in total. The average Bonchev–Trinajstić information content (AvgIpc) is 2.15. The molecule has 2 N–H and O–H groups in total. The standard InChI is InChI=1S/C10H19NO3/c1-4-5-6-10(2,9(12)13)11-7-8-14-3/h4,11H,1,5-8H2,2-3H3,(H,12,13). The lowest BCUT2D eigenvalue weighted by Crippen LogP contribution is -2.50. The monoisotopic (exact) mass is 201 g/mol. The molecule has 14 heavy (non-hydrogen) atoms. The Morgan fingerprint density at radius 2 is 2.36 bits per heavy atom. The Labute approximate surface area is 85.0 Å². The number of aliphatic carboxylic acids is 1. The van der Waals surface area contributed by atoms with Gasteiger partial charge in [-0.15, -0.1) is 6.58 Å². The molecular formula is C10H19NO3. The third kappa shape index (κ3) is 4.39. The topological polar surface area (TPSA) is 58.6 Å². The van der Waals surface area contributed by atoms with Crippen LogP contribution < -0.4 is 5.32 Å². The van der Waals surface area contributed by atoms with Crippen molar-refractivity contribution in [1.82, 2.24) is 5.32 Å². The molecule has 1 unspecified atom stereocenters. The number of allylic oxidation sites excluding steroid dienone is 1. The van der Waals surface area contributed by atoms with Crippen LogP contribution in [0.5, 0.6) is 0 Å². The molecular weight excluding hydrogens is 182 g/mol. The van der Waals surface area contributed by atoms with Crippen LogP contribution in [-0.2, 0) is 9.53 Å². The predicted molar refractivity (Wildman–Crippen MR) is 55.4 cm³/mol. The molecule has 0 aromatic carbocycles. The van der Waals surface area contributed by atoms with Gasteiger partial charge in [-0.05, 0) is 19.8 Å². The zero-order valence-electron chi connectivity index (χ0n) is 8.88. The highest BCUT2D eigenvalue weighted by atomic mass is 16.5. The Kier molecular flexibility index (Phi) is 6.16. The second-order valence-corrected chi connectivity index (χ2v) is 3.38. The highest BCUT2D eigenvalue weighted by Gasteiger charge is 2.31. The summed E-state index contributed by atoms with van der Waals surface area (Å²) in [6.07, 6.45) is 2.94. The first kappa shape index (κ1) is 13.1. The van der Waals surface area contributed by atoms with Crippen LogP contribution >= 0.6 is 0 Å². The van der Waals surface area contributed by atoms with E-state index in [1.54, 1.807) is 20.1 Å². The maximum atomic E-state index is 11.0. The number of nitrogens with one attached hydrogen (secondary N) is 1. The van der Waals surface area contributed by atoms with Crippen molar-refractivity contribution in [1.29, 1.82) is 0 Å². The van der Waals surface area contributed by atoms with E-state index < -0.39 is 11.5 Å². The highest BCUT2D eigenvalue weighted by Crippen LogP contribution is 2.12. The van der Waals surface area contributed by atoms with Gasteiger partial charge >= 0.3 is 5.97 Å². The van der Waals surface area contributed by atoms with E-state index in [4.69, 9.17) is 9.84 Å². The van der Waals surface area contributed by atoms with E-state index in [9.17, 15) is 4.79 Å². The fraction of sp³-hybridized carbons (Fsp3) is 0.700. The third-order valence-corrected chi connectivity index (χ3v) is 2.14. The van der Waals surface area contributed by atoms with Gasteiger partial charge in [0.25, 0.3) is 0 Å². The van der Waals surface area contributed by atoms with Gasteiger partial charge in [-0.3, -0.25) is 10.1 Å². The van der Waals surface area contributed by atoms with Crippen molar-refractivity contribution >= 4 is 5.97 Å². The van der Waals surface area contributed by atoms with Crippen LogP contribution in [0.15, 0.2) is 12.7 Å². The van der Waals surface area contributed by atoms with Crippen molar-refractivity contribution in [3.63, 3.8) is 0 Å². The zero-order valence-corrected chi connectivity index (χ0v) is 8.88. The van der Waals surface area contributed by atoms with Gasteiger partial charge < -0.3 is 9.84 Å². The van der Waals surface area contributed by atoms with E-state index in [1.165, 1.54) is 0 Å². The van der Waals surface area contributed by atoms with E-state index in [0.29, 0.717) is 26.0 Å². The van der Waals surface area contributed by atoms with Crippen LogP contribution in [0.3, 0.4) is 0 Å². The number of rotatable bonds is 8. The zero-order chi connectivity index (χ0) is 11.0. The first-order chi connectivity index (χ1) is 6.56. The SMILES string of the molecule is C=CCCC(C)(NCCOC)C(=O)O. The molecule has 0 bridgehead atoms. The molecule has 0 aliphatic rings. The lowest BCUT2D eigenvalue weighted by atomic mass is 9.96. The normalized spacial score (nSPS) is 14.7. The van der Waals surface area contributed by atoms with Crippen molar-refractivity contribution < 1.29 is 14.6 Å². The van der Waals surface area contributed by atoms with Gasteiger partial charge in [0, 0.05) is 13.7 Å². The van der Waals surface area contributed by atoms with Crippen LogP contribution in [0.25, 0.3) is 0 Å². The average molecular weight is 201 g/mol. The molecule has 0 radical (unpaired) electrons. The molecule has 82 valence electrons. The molecule has 0 aliphatic heterocycles. The molecule has 0 saturated carbocycles. The van der Waals surface area contributed by atoms with E-state index >= 15 is 0 Å². The summed E-state index contributed by atoms with van der Waals surface area (Å²) in [5.41, 5.74) is -0.882. The van der Waals surface area contributed by atoms with Gasteiger partial charge in [0.05, 0.1) is 6.61 Å². The van der Waals surface area contributed by atoms with Crippen molar-refractivity contribution in [2.45, 2.75) is 25.3 Å². The maximum Gasteiger partial charge on any atom is 0.323 e. The second kappa shape index (κ2) is 6.56. The molecule has 4 heteroatoms. The maximum absolute atomic E-state index is 11.0. The number of hydrogen-bond donors (Lipinski definition) is 2. The Bertz CT molecular complexity index is 194. The number of ether oxygens (including phenoxy) is 1. The van der Waals surface area contributed by atoms with Gasteiger partial charge in [0.2, 0.25) is 0 Å². The Morgan fingerprint density at radius 3 is 2.79 bits per heavy atom. The summed E-state index contributed by atoms with van der Waals surface area (Å²) in [6.45, 7) is 6.30. The number of carboxylic acid groups (broad SMARTS) is 1. The fourth-order valence-corrected chi connectivity index (χ4v) is 1.09. The summed E-state index contributed by atoms with van der Waals surface area (Å²) in [5.74, 6) is -0.838. The minimum atomic E-state index is -0.882. The Hall–Kier alpha value is -0.870. The highest BCUT2D eigenvalue weighted by molar-refractivity contribution is 5.78. The molecule has 0 amide bonds. The summed E-state index contributed by atoms with van der Waals surface area (Å²) < 4.78 is 4.85. The van der Waals surface area contributed by atoms with E-state index in [0.717, 1.165) is 0 Å². The smallest absolute Gasteiger partial charge is 0.323 e. The van der Waals surface area contributed by atoms with Crippen LogP contribution in [0.2, 0.25) is 0 Å². The molecule has 0 spiro atoms. The summed E-state index contributed by atoms with van der Waals surface area (Å²) >= 11 is 0. The van der Waals surface area contributed by atoms with Crippen molar-refractivity contribution in [2.24, 2.45) is 0 Å². The molecule has 0 saturated heterocycles. The molecule has 0 heterocycles. The van der Waals surface area contributed by atoms with Crippen molar-refractivity contribution in [3.8, 4) is 0 Å². The summed E-state index contributed by atoms with van der Waals surface area (Å²) in [4.78, 5) is 11.0. The first-order valence-corrected chi connectivity index (χ1v) is 4.65. The van der Waals surface area contributed by atoms with Gasteiger partial charge in [-0.25, -0.2) is 0 Å². The third-order valence-electron chi connectivity index (χ3n) is 2.14. The van der Waals surface area contributed by atoms with Crippen LogP contribution in [0, 0.1) is 0 Å². The number of methoxy groups -OCH3 is 1. The van der Waals surface area contributed by atoms with E-state index in [1.807, 2.05) is 0 Å². The predicted octanol–water partition coefficient (Wildman–Crippen LogP) is 1.03. The van der Waals surface area contributed by atoms with Gasteiger partial charge in [0.15, 0.2) is 0 Å². The van der Waals surface area contributed by atoms with Crippen molar-refractivity contribution in [2.75, 3.05) is 20.3 Å². The van der Waals surface area contributed by atoms with Gasteiger partial charge in [-0.2, -0.15) is 0 Å². The Balaban J connectivity index is 4.09. The van der Waals surface area contributed by atoms with Crippen molar-refractivity contribution in [3.05, 3.63) is 12.7 Å². The number of carboxylic acids is 1. The van der Waals surface area contributed by atoms with Crippen LogP contribution in [0.1, 0.15) is 19.8 Å². The summed E-state index contributed by atoms with van der Waals surface area (Å²) in [5, 5.41) is 12.0. The molecule has 0 fully saturated rings.